The number of esters is 2. The van der Waals surface area contributed by atoms with Crippen LogP contribution in [0.25, 0.3) is 18.2 Å². The standard InChI is InChI=1S/C20H20N2O3.C19H19N3O3.C13H14N2O3.C7H6BF3O3.CH4.H3NO.Na.H2O/c1-15-7-10-17(11-8-15)21-13-14-22(20(21)24)18-6-4-3-5-16(18)9-12-19(23)25-2;1-14-6-9-16(10-7-14)21-12-13-22(19(21)24)17-5-3-2-4-15(17)8-11-18(23)20-25;1-18-12(16)7-6-10-4-2-3-5-11(10)15-9-8-14-13(15)17;9-7(10,11)14-6-3-1-5(2-4-6)8(12)13;;1-2;;/h3-12H,13-14H2,1-2H3;2-11,25H,12-13H2,1H3,(H,20,23);2-7H,8-9H2,1H3,(H,14,17);1-4,12-13H;1H4;2H,1H2;;1H2/q;;;;;;+1;/p-1/b12-9+;11-8+;7-6+;;;;;. The molecule has 456 valence electrons. The maximum atomic E-state index is 12.9. The van der Waals surface area contributed by atoms with Gasteiger partial charge in [0, 0.05) is 68.9 Å². The van der Waals surface area contributed by atoms with Crippen LogP contribution in [0.1, 0.15) is 35.2 Å². The zero-order valence-corrected chi connectivity index (χ0v) is 49.5. The predicted molar refractivity (Wildman–Crippen MR) is 321 cm³/mol. The number of amides is 7. The van der Waals surface area contributed by atoms with Crippen LogP contribution in [0.2, 0.25) is 0 Å². The van der Waals surface area contributed by atoms with Gasteiger partial charge in [-0.05, 0) is 109 Å². The van der Waals surface area contributed by atoms with Gasteiger partial charge >= 0.3 is 73.1 Å². The SMILES string of the molecule is C.COC(=O)/C=C/c1ccccc1N1CCN(c2ccc(C)cc2)C1=O.COC(=O)/C=C/c1ccccc1N1CCNC1=O.Cc1ccc(N2CCN(c3ccccc3/C=C/C(=O)NO)C2=O)cc1.NO.OB(O)c1ccc(OC(F)(F)F)cc1.[Na+].[OH-]. The molecular formula is C60H67BF3N8NaO14. The van der Waals surface area contributed by atoms with Crippen LogP contribution in [0.5, 0.6) is 5.75 Å². The summed E-state index contributed by atoms with van der Waals surface area (Å²) >= 11 is 0. The van der Waals surface area contributed by atoms with Gasteiger partial charge < -0.3 is 40.3 Å². The number of nitrogens with zero attached hydrogens (tertiary/aromatic N) is 5. The summed E-state index contributed by atoms with van der Waals surface area (Å²) in [5, 5.41) is 35.1. The normalized spacial score (nSPS) is 13.2. The van der Waals surface area contributed by atoms with E-state index in [1.807, 2.05) is 135 Å². The minimum atomic E-state index is -4.74. The number of nitrogens with two attached hydrogens (primary N) is 1. The van der Waals surface area contributed by atoms with Gasteiger partial charge in [-0.25, -0.2) is 35.3 Å². The molecule has 0 atom stereocenters. The average molecular weight is 1220 g/mol. The molecule has 0 aliphatic carbocycles. The fraction of sp³-hybridized carbons (Fsp3) is 0.200. The molecule has 6 aromatic rings. The number of carbonyl (C=O) groups excluding carboxylic acids is 6. The molecule has 87 heavy (non-hydrogen) atoms. The second-order valence-electron chi connectivity index (χ2n) is 17.9. The van der Waals surface area contributed by atoms with Crippen LogP contribution < -0.4 is 81.0 Å². The number of hydrogen-bond acceptors (Lipinski definition) is 15. The second kappa shape index (κ2) is 36.9. The number of hydroxylamine groups is 1. The Balaban J connectivity index is 0.000000396. The topological polar surface area (TPSA) is 307 Å². The summed E-state index contributed by atoms with van der Waals surface area (Å²) in [7, 11) is 0.962. The molecule has 3 aliphatic rings. The number of methoxy groups -OCH3 is 2. The fourth-order valence-electron chi connectivity index (χ4n) is 8.27. The van der Waals surface area contributed by atoms with Gasteiger partial charge in [-0.2, -0.15) is 0 Å². The van der Waals surface area contributed by atoms with E-state index in [0.717, 1.165) is 80.5 Å². The van der Waals surface area contributed by atoms with Gasteiger partial charge in [0.25, 0.3) is 5.91 Å². The van der Waals surface area contributed by atoms with E-state index in [-0.39, 0.29) is 66.0 Å². The number of anilines is 5. The first-order valence-electron chi connectivity index (χ1n) is 25.6. The van der Waals surface area contributed by atoms with Crippen molar-refractivity contribution < 1.29 is 112 Å². The Kier molecular flexibility index (Phi) is 31.5. The number of para-hydroxylation sites is 3. The molecule has 7 amide bonds. The van der Waals surface area contributed by atoms with Gasteiger partial charge in [-0.1, -0.05) is 110 Å². The van der Waals surface area contributed by atoms with Crippen molar-refractivity contribution in [3.05, 3.63) is 192 Å². The number of benzene rings is 6. The van der Waals surface area contributed by atoms with Crippen molar-refractivity contribution in [1.29, 1.82) is 0 Å². The third-order valence-corrected chi connectivity index (χ3v) is 12.4. The number of carbonyl (C=O) groups is 6. The second-order valence-corrected chi connectivity index (χ2v) is 17.9. The Labute approximate surface area is 523 Å². The molecule has 0 bridgehead atoms. The van der Waals surface area contributed by atoms with E-state index < -0.39 is 37.1 Å². The van der Waals surface area contributed by atoms with Crippen LogP contribution in [0.3, 0.4) is 0 Å². The summed E-state index contributed by atoms with van der Waals surface area (Å²) in [4.78, 5) is 79.6. The van der Waals surface area contributed by atoms with E-state index in [4.69, 9.17) is 20.5 Å². The number of hydrogen-bond donors (Lipinski definition) is 7. The van der Waals surface area contributed by atoms with Gasteiger partial charge in [0.05, 0.1) is 31.3 Å². The van der Waals surface area contributed by atoms with E-state index in [9.17, 15) is 41.9 Å². The molecule has 9 N–H and O–H groups in total. The molecule has 22 nitrogen and oxygen atoms in total. The molecule has 0 saturated carbocycles. The molecule has 0 aromatic heterocycles. The van der Waals surface area contributed by atoms with Crippen molar-refractivity contribution in [2.45, 2.75) is 27.6 Å². The summed E-state index contributed by atoms with van der Waals surface area (Å²) in [6.07, 6.45) is 4.07. The van der Waals surface area contributed by atoms with E-state index in [1.54, 1.807) is 48.2 Å². The summed E-state index contributed by atoms with van der Waals surface area (Å²) in [6, 6.07) is 42.0. The minimum absolute atomic E-state index is 0. The molecular weight excluding hydrogens is 1150 g/mol. The van der Waals surface area contributed by atoms with Crippen molar-refractivity contribution in [3.8, 4) is 5.75 Å². The van der Waals surface area contributed by atoms with Crippen molar-refractivity contribution in [2.75, 3.05) is 78.0 Å². The van der Waals surface area contributed by atoms with Crippen LogP contribution in [0.15, 0.2) is 164 Å². The molecule has 0 radical (unpaired) electrons. The van der Waals surface area contributed by atoms with Crippen molar-refractivity contribution >= 4 is 95.2 Å². The van der Waals surface area contributed by atoms with Crippen LogP contribution in [-0.4, -0.2) is 129 Å². The van der Waals surface area contributed by atoms with E-state index in [1.165, 1.54) is 32.4 Å². The molecule has 0 unspecified atom stereocenters. The van der Waals surface area contributed by atoms with E-state index in [0.29, 0.717) is 39.3 Å². The molecule has 9 rings (SSSR count). The first-order valence-corrected chi connectivity index (χ1v) is 25.6. The maximum absolute atomic E-state index is 12.9. The smallest absolute Gasteiger partial charge is 0.870 e. The Hall–Kier alpha value is -8.83. The van der Waals surface area contributed by atoms with Crippen LogP contribution in [-0.2, 0) is 23.9 Å². The van der Waals surface area contributed by atoms with E-state index >= 15 is 0 Å². The number of alkyl halides is 3. The van der Waals surface area contributed by atoms with Gasteiger partial charge in [0.2, 0.25) is 0 Å². The first kappa shape index (κ1) is 74.3. The minimum Gasteiger partial charge on any atom is -0.870 e. The Morgan fingerprint density at radius 2 is 0.943 bits per heavy atom. The Bertz CT molecular complexity index is 3150. The van der Waals surface area contributed by atoms with Crippen LogP contribution in [0.4, 0.5) is 56.0 Å². The van der Waals surface area contributed by atoms with Crippen molar-refractivity contribution in [1.82, 2.24) is 10.8 Å². The largest absolute Gasteiger partial charge is 1.00 e. The quantitative estimate of drug-likeness (QED) is 0.0262. The zero-order valence-electron chi connectivity index (χ0n) is 47.5. The van der Waals surface area contributed by atoms with Crippen LogP contribution in [0, 0.1) is 13.8 Å². The summed E-state index contributed by atoms with van der Waals surface area (Å²) in [5.41, 5.74) is 10.3. The number of aryl methyl sites for hydroxylation is 2. The van der Waals surface area contributed by atoms with Gasteiger partial charge in [-0.3, -0.25) is 34.5 Å². The first-order chi connectivity index (χ1) is 40.3. The third-order valence-electron chi connectivity index (χ3n) is 12.4. The molecule has 3 fully saturated rings. The summed E-state index contributed by atoms with van der Waals surface area (Å²) < 4.78 is 47.8. The van der Waals surface area contributed by atoms with Gasteiger partial charge in [0.1, 0.15) is 5.75 Å². The van der Waals surface area contributed by atoms with Crippen molar-refractivity contribution in [2.24, 2.45) is 5.90 Å². The monoisotopic (exact) mass is 1210 g/mol. The van der Waals surface area contributed by atoms with Crippen LogP contribution >= 0.6 is 0 Å². The molecule has 3 heterocycles. The fourth-order valence-corrected chi connectivity index (χ4v) is 8.27. The molecule has 3 saturated heterocycles. The van der Waals surface area contributed by atoms with Gasteiger partial charge in [-0.15, -0.1) is 13.2 Å². The van der Waals surface area contributed by atoms with E-state index in [2.05, 4.69) is 25.4 Å². The molecule has 0 spiro atoms. The number of urea groups is 3. The summed E-state index contributed by atoms with van der Waals surface area (Å²) in [6.45, 7) is 7.65. The number of halogens is 3. The Morgan fingerprint density at radius 1 is 0.575 bits per heavy atom. The number of nitrogens with one attached hydrogen (secondary N) is 2. The third kappa shape index (κ3) is 22.2. The Morgan fingerprint density at radius 3 is 1.29 bits per heavy atom. The maximum Gasteiger partial charge on any atom is 1.00 e. The van der Waals surface area contributed by atoms with Gasteiger partial charge in [0.15, 0.2) is 0 Å². The van der Waals surface area contributed by atoms with Crippen molar-refractivity contribution in [3.63, 3.8) is 0 Å². The molecule has 3 aliphatic heterocycles. The number of ether oxygens (including phenoxy) is 3. The average Bonchev–Trinajstić information content (AvgIpc) is 2.16. The molecule has 6 aromatic carbocycles. The predicted octanol–water partition coefficient (Wildman–Crippen LogP) is 5.05. The molecule has 27 heteroatoms. The number of rotatable bonds is 13. The summed E-state index contributed by atoms with van der Waals surface area (Å²) in [5.74, 6) is 1.63. The zero-order chi connectivity index (χ0) is 61.3.